The number of hydrogen-bond acceptors (Lipinski definition) is 3. The summed E-state index contributed by atoms with van der Waals surface area (Å²) in [6.07, 6.45) is 3.83. The normalized spacial score (nSPS) is 11.6. The molecule has 0 amide bonds. The van der Waals surface area contributed by atoms with E-state index >= 15 is 0 Å². The van der Waals surface area contributed by atoms with E-state index in [1.165, 1.54) is 7.11 Å². The predicted octanol–water partition coefficient (Wildman–Crippen LogP) is 2.77. The van der Waals surface area contributed by atoms with Crippen LogP contribution in [0.25, 0.3) is 10.9 Å². The Morgan fingerprint density at radius 2 is 2.11 bits per heavy atom. The molecule has 0 saturated heterocycles. The number of nitrogens with zero attached hydrogens (tertiary/aromatic N) is 1. The van der Waals surface area contributed by atoms with Gasteiger partial charge in [-0.2, -0.15) is 0 Å². The van der Waals surface area contributed by atoms with Crippen molar-refractivity contribution in [2.75, 3.05) is 14.2 Å². The van der Waals surface area contributed by atoms with Crippen LogP contribution in [0.2, 0.25) is 0 Å². The number of carbonyl (C=O) groups is 1. The monoisotopic (exact) mass is 259 g/mol. The molecule has 100 valence electrons. The fourth-order valence-electron chi connectivity index (χ4n) is 2.01. The Bertz CT molecular complexity index is 625. The van der Waals surface area contributed by atoms with Crippen LogP contribution in [0, 0.1) is 0 Å². The summed E-state index contributed by atoms with van der Waals surface area (Å²) in [5.74, 6) is 0.555. The van der Waals surface area contributed by atoms with Crippen LogP contribution < -0.4 is 4.74 Å². The van der Waals surface area contributed by atoms with Crippen molar-refractivity contribution in [3.63, 3.8) is 0 Å². The van der Waals surface area contributed by atoms with Crippen LogP contribution in [0.5, 0.6) is 5.75 Å². The molecule has 1 aromatic heterocycles. The van der Waals surface area contributed by atoms with Crippen LogP contribution in [-0.2, 0) is 16.1 Å². The van der Waals surface area contributed by atoms with E-state index in [1.807, 2.05) is 36.5 Å². The highest BCUT2D eigenvalue weighted by molar-refractivity contribution is 5.88. The molecule has 0 fully saturated rings. The maximum atomic E-state index is 11.3. The van der Waals surface area contributed by atoms with Gasteiger partial charge >= 0.3 is 5.97 Å². The van der Waals surface area contributed by atoms with Gasteiger partial charge in [0.05, 0.1) is 19.7 Å². The van der Waals surface area contributed by atoms with Crippen molar-refractivity contribution in [1.29, 1.82) is 0 Å². The average molecular weight is 259 g/mol. The summed E-state index contributed by atoms with van der Waals surface area (Å²) in [5.41, 5.74) is 1.68. The van der Waals surface area contributed by atoms with E-state index < -0.39 is 0 Å². The van der Waals surface area contributed by atoms with Crippen LogP contribution in [0.1, 0.15) is 6.92 Å². The van der Waals surface area contributed by atoms with E-state index in [9.17, 15) is 4.79 Å². The van der Waals surface area contributed by atoms with Crippen LogP contribution in [-0.4, -0.2) is 24.8 Å². The van der Waals surface area contributed by atoms with E-state index in [1.54, 1.807) is 14.0 Å². The molecule has 0 bridgehead atoms. The molecule has 0 aliphatic rings. The van der Waals surface area contributed by atoms with Crippen LogP contribution in [0.15, 0.2) is 42.1 Å². The van der Waals surface area contributed by atoms with Gasteiger partial charge in [-0.05, 0) is 25.1 Å². The number of carbonyl (C=O) groups excluding carboxylic acids is 1. The quantitative estimate of drug-likeness (QED) is 0.626. The number of allylic oxidation sites excluding steroid dienone is 1. The van der Waals surface area contributed by atoms with Gasteiger partial charge in [-0.25, -0.2) is 4.79 Å². The highest BCUT2D eigenvalue weighted by Gasteiger charge is 2.06. The van der Waals surface area contributed by atoms with Crippen LogP contribution in [0.3, 0.4) is 0 Å². The molecule has 0 aliphatic heterocycles. The molecule has 4 nitrogen and oxygen atoms in total. The highest BCUT2D eigenvalue weighted by atomic mass is 16.5. The summed E-state index contributed by atoms with van der Waals surface area (Å²) >= 11 is 0. The van der Waals surface area contributed by atoms with Crippen molar-refractivity contribution < 1.29 is 14.3 Å². The fourth-order valence-corrected chi connectivity index (χ4v) is 2.01. The van der Waals surface area contributed by atoms with Crippen molar-refractivity contribution in [2.45, 2.75) is 13.5 Å². The third-order valence-electron chi connectivity index (χ3n) is 3.10. The molecule has 0 saturated carbocycles. The van der Waals surface area contributed by atoms with Gasteiger partial charge < -0.3 is 14.0 Å². The molecule has 4 heteroatoms. The summed E-state index contributed by atoms with van der Waals surface area (Å²) in [6, 6.07) is 7.92. The minimum absolute atomic E-state index is 0.297. The number of methoxy groups -OCH3 is 2. The number of rotatable bonds is 4. The second kappa shape index (κ2) is 5.61. The Balaban J connectivity index is 2.30. The van der Waals surface area contributed by atoms with E-state index in [2.05, 4.69) is 9.30 Å². The third kappa shape index (κ3) is 2.62. The maximum Gasteiger partial charge on any atom is 0.333 e. The molecular formula is C15H17NO3. The van der Waals surface area contributed by atoms with Gasteiger partial charge in [0.2, 0.25) is 0 Å². The molecule has 0 spiro atoms. The Morgan fingerprint density at radius 1 is 1.32 bits per heavy atom. The summed E-state index contributed by atoms with van der Waals surface area (Å²) in [5, 5.41) is 1.06. The Hall–Kier alpha value is -2.23. The first-order chi connectivity index (χ1) is 9.17. The molecule has 0 aliphatic carbocycles. The van der Waals surface area contributed by atoms with Crippen molar-refractivity contribution in [3.05, 3.63) is 42.1 Å². The number of benzene rings is 1. The lowest BCUT2D eigenvalue weighted by atomic mass is 10.2. The molecule has 2 aromatic rings. The summed E-state index contributed by atoms with van der Waals surface area (Å²) in [6.45, 7) is 2.37. The Labute approximate surface area is 112 Å². The van der Waals surface area contributed by atoms with Crippen molar-refractivity contribution in [1.82, 2.24) is 4.57 Å². The number of hydrogen-bond donors (Lipinski definition) is 0. The van der Waals surface area contributed by atoms with Crippen molar-refractivity contribution in [3.8, 4) is 5.75 Å². The van der Waals surface area contributed by atoms with Crippen molar-refractivity contribution >= 4 is 16.9 Å². The molecule has 0 radical (unpaired) electrons. The summed E-state index contributed by atoms with van der Waals surface area (Å²) in [7, 11) is 3.04. The zero-order chi connectivity index (χ0) is 13.8. The van der Waals surface area contributed by atoms with Gasteiger partial charge in [0.25, 0.3) is 0 Å². The first kappa shape index (κ1) is 13.2. The fraction of sp³-hybridized carbons (Fsp3) is 0.267. The molecule has 19 heavy (non-hydrogen) atoms. The smallest absolute Gasteiger partial charge is 0.333 e. The van der Waals surface area contributed by atoms with Gasteiger partial charge in [-0.1, -0.05) is 12.1 Å². The van der Waals surface area contributed by atoms with E-state index in [-0.39, 0.29) is 5.97 Å². The lowest BCUT2D eigenvalue weighted by molar-refractivity contribution is -0.136. The van der Waals surface area contributed by atoms with Gasteiger partial charge in [-0.3, -0.25) is 0 Å². The van der Waals surface area contributed by atoms with Crippen LogP contribution >= 0.6 is 0 Å². The molecule has 1 aromatic carbocycles. The lowest BCUT2D eigenvalue weighted by Crippen LogP contribution is -2.03. The summed E-state index contributed by atoms with van der Waals surface area (Å²) < 4.78 is 12.0. The molecule has 0 N–H and O–H groups in total. The molecule has 1 heterocycles. The average Bonchev–Trinajstić information content (AvgIpc) is 2.86. The van der Waals surface area contributed by atoms with E-state index in [4.69, 9.17) is 4.74 Å². The number of aromatic nitrogens is 1. The first-order valence-corrected chi connectivity index (χ1v) is 6.04. The van der Waals surface area contributed by atoms with E-state index in [0.29, 0.717) is 12.1 Å². The standard InChI is InChI=1S/C15H17NO3/c1-11(15(17)19-3)7-9-16-10-8-12-13(16)5-4-6-14(12)18-2/h4-8,10H,9H2,1-3H3/b11-7+. The number of esters is 1. The van der Waals surface area contributed by atoms with Gasteiger partial charge in [0.1, 0.15) is 5.75 Å². The zero-order valence-electron chi connectivity index (χ0n) is 11.3. The largest absolute Gasteiger partial charge is 0.496 e. The van der Waals surface area contributed by atoms with Crippen LogP contribution in [0.4, 0.5) is 0 Å². The van der Waals surface area contributed by atoms with E-state index in [0.717, 1.165) is 16.7 Å². The van der Waals surface area contributed by atoms with Crippen molar-refractivity contribution in [2.24, 2.45) is 0 Å². The highest BCUT2D eigenvalue weighted by Crippen LogP contribution is 2.26. The molecule has 0 unspecified atom stereocenters. The Kier molecular flexibility index (Phi) is 3.90. The molecular weight excluding hydrogens is 242 g/mol. The molecule has 0 atom stereocenters. The topological polar surface area (TPSA) is 40.5 Å². The second-order valence-electron chi connectivity index (χ2n) is 4.24. The lowest BCUT2D eigenvalue weighted by Gasteiger charge is -2.05. The number of ether oxygens (including phenoxy) is 2. The predicted molar refractivity (Wildman–Crippen MR) is 74.3 cm³/mol. The van der Waals surface area contributed by atoms with Gasteiger partial charge in [0.15, 0.2) is 0 Å². The van der Waals surface area contributed by atoms with Gasteiger partial charge in [0, 0.05) is 23.7 Å². The van der Waals surface area contributed by atoms with Gasteiger partial charge in [-0.15, -0.1) is 0 Å². The number of fused-ring (bicyclic) bond motifs is 1. The zero-order valence-corrected chi connectivity index (χ0v) is 11.3. The summed E-state index contributed by atoms with van der Waals surface area (Å²) in [4.78, 5) is 11.3. The molecule has 2 rings (SSSR count). The Morgan fingerprint density at radius 3 is 2.79 bits per heavy atom. The minimum atomic E-state index is -0.297. The minimum Gasteiger partial charge on any atom is -0.496 e. The third-order valence-corrected chi connectivity index (χ3v) is 3.10. The first-order valence-electron chi connectivity index (χ1n) is 6.04. The maximum absolute atomic E-state index is 11.3. The second-order valence-corrected chi connectivity index (χ2v) is 4.24. The SMILES string of the molecule is COC(=O)/C(C)=C/Cn1ccc2c(OC)cccc21.